The lowest BCUT2D eigenvalue weighted by atomic mass is 10.0. The number of hydrogen-bond donors (Lipinski definition) is 1. The van der Waals surface area contributed by atoms with E-state index in [1.54, 1.807) is 0 Å². The van der Waals surface area contributed by atoms with Crippen molar-refractivity contribution in [1.82, 2.24) is 0 Å². The van der Waals surface area contributed by atoms with Crippen molar-refractivity contribution < 1.29 is 17.9 Å². The molecule has 2 heterocycles. The van der Waals surface area contributed by atoms with Gasteiger partial charge in [0.2, 0.25) is 0 Å². The lowest BCUT2D eigenvalue weighted by Crippen LogP contribution is -2.10. The summed E-state index contributed by atoms with van der Waals surface area (Å²) in [7, 11) is 0. The maximum atomic E-state index is 12.9. The van der Waals surface area contributed by atoms with E-state index in [4.69, 9.17) is 4.74 Å². The summed E-state index contributed by atoms with van der Waals surface area (Å²) in [5.41, 5.74) is 0.886. The van der Waals surface area contributed by atoms with Crippen molar-refractivity contribution in [2.24, 2.45) is 0 Å². The van der Waals surface area contributed by atoms with Gasteiger partial charge in [0, 0.05) is 17.1 Å². The van der Waals surface area contributed by atoms with Crippen LogP contribution in [0.4, 0.5) is 18.9 Å². The molecule has 1 fully saturated rings. The summed E-state index contributed by atoms with van der Waals surface area (Å²) < 4.78 is 44.4. The van der Waals surface area contributed by atoms with Gasteiger partial charge in [0.25, 0.3) is 0 Å². The Morgan fingerprint density at radius 3 is 2.79 bits per heavy atom. The van der Waals surface area contributed by atoms with Crippen LogP contribution in [0, 0.1) is 0 Å². The van der Waals surface area contributed by atoms with Crippen molar-refractivity contribution in [3.05, 3.63) is 23.3 Å². The van der Waals surface area contributed by atoms with Crippen LogP contribution in [0.1, 0.15) is 37.0 Å². The van der Waals surface area contributed by atoms with Crippen molar-refractivity contribution in [1.29, 1.82) is 0 Å². The molecule has 2 atom stereocenters. The van der Waals surface area contributed by atoms with Crippen LogP contribution >= 0.6 is 11.8 Å². The van der Waals surface area contributed by atoms with E-state index in [9.17, 15) is 13.2 Å². The average Bonchev–Trinajstić information content (AvgIpc) is 2.92. The molecule has 0 radical (unpaired) electrons. The first-order chi connectivity index (χ1) is 8.95. The summed E-state index contributed by atoms with van der Waals surface area (Å²) in [6, 6.07) is 2.47. The highest BCUT2D eigenvalue weighted by molar-refractivity contribution is 8.00. The van der Waals surface area contributed by atoms with Crippen molar-refractivity contribution in [3.8, 4) is 0 Å². The average molecular weight is 289 g/mol. The number of nitrogens with one attached hydrogen (secondary N) is 1. The molecule has 1 N–H and O–H groups in total. The Morgan fingerprint density at radius 2 is 2.16 bits per heavy atom. The molecule has 0 amide bonds. The normalized spacial score (nSPS) is 26.3. The van der Waals surface area contributed by atoms with E-state index < -0.39 is 11.7 Å². The minimum Gasteiger partial charge on any atom is -0.373 e. The molecule has 2 aliphatic rings. The lowest BCUT2D eigenvalue weighted by molar-refractivity contribution is -0.137. The minimum absolute atomic E-state index is 0.0960. The van der Waals surface area contributed by atoms with E-state index in [1.165, 1.54) is 23.9 Å². The number of rotatable bonds is 1. The molecule has 1 saturated heterocycles. The van der Waals surface area contributed by atoms with Crippen LogP contribution in [0.3, 0.4) is 0 Å². The summed E-state index contributed by atoms with van der Waals surface area (Å²) in [4.78, 5) is 0.674. The highest BCUT2D eigenvalue weighted by atomic mass is 32.2. The van der Waals surface area contributed by atoms with Crippen LogP contribution < -0.4 is 5.32 Å². The van der Waals surface area contributed by atoms with Crippen LogP contribution in [-0.2, 0) is 10.9 Å². The number of thioether (sulfide) groups is 1. The number of benzene rings is 1. The van der Waals surface area contributed by atoms with Gasteiger partial charge in [-0.15, -0.1) is 0 Å². The van der Waals surface area contributed by atoms with E-state index >= 15 is 0 Å². The summed E-state index contributed by atoms with van der Waals surface area (Å²) in [6.45, 7) is 2.57. The Bertz CT molecular complexity index is 497. The zero-order chi connectivity index (χ0) is 13.6. The zero-order valence-corrected chi connectivity index (χ0v) is 11.2. The molecule has 0 spiro atoms. The maximum absolute atomic E-state index is 12.9. The number of alkyl halides is 3. The van der Waals surface area contributed by atoms with Gasteiger partial charge < -0.3 is 10.1 Å². The largest absolute Gasteiger partial charge is 0.416 e. The Hall–Kier alpha value is -0.880. The molecule has 2 unspecified atom stereocenters. The number of hydrogen-bond acceptors (Lipinski definition) is 3. The van der Waals surface area contributed by atoms with Crippen LogP contribution in [-0.4, -0.2) is 12.0 Å². The number of anilines is 1. The monoisotopic (exact) mass is 289 g/mol. The molecule has 6 heteroatoms. The van der Waals surface area contributed by atoms with Gasteiger partial charge in [-0.2, -0.15) is 13.2 Å². The van der Waals surface area contributed by atoms with E-state index in [-0.39, 0.29) is 11.5 Å². The molecule has 0 bridgehead atoms. The summed E-state index contributed by atoms with van der Waals surface area (Å²) in [5, 5.41) is 3.33. The van der Waals surface area contributed by atoms with E-state index in [2.05, 4.69) is 5.32 Å². The van der Waals surface area contributed by atoms with Crippen LogP contribution in [0.25, 0.3) is 0 Å². The van der Waals surface area contributed by atoms with Gasteiger partial charge in [-0.25, -0.2) is 0 Å². The molecule has 2 aliphatic heterocycles. The summed E-state index contributed by atoms with van der Waals surface area (Å²) in [5.74, 6) is 0. The predicted molar refractivity (Wildman–Crippen MR) is 68.3 cm³/mol. The van der Waals surface area contributed by atoms with Gasteiger partial charge in [-0.3, -0.25) is 0 Å². The molecular formula is C13H14F3NOS. The Kier molecular flexibility index (Phi) is 3.17. The quantitative estimate of drug-likeness (QED) is 0.827. The number of fused-ring (bicyclic) bond motifs is 1. The minimum atomic E-state index is -4.31. The summed E-state index contributed by atoms with van der Waals surface area (Å²) in [6.07, 6.45) is -2.84. The Morgan fingerprint density at radius 1 is 1.37 bits per heavy atom. The fourth-order valence-corrected chi connectivity index (χ4v) is 3.60. The second kappa shape index (κ2) is 4.59. The van der Waals surface area contributed by atoms with E-state index in [0.717, 1.165) is 18.5 Å². The molecule has 0 saturated carbocycles. The van der Waals surface area contributed by atoms with Gasteiger partial charge in [-0.1, -0.05) is 11.8 Å². The van der Waals surface area contributed by atoms with Gasteiger partial charge in [-0.05, 0) is 31.9 Å². The molecule has 19 heavy (non-hydrogen) atoms. The smallest absolute Gasteiger partial charge is 0.373 e. The van der Waals surface area contributed by atoms with E-state index in [1.807, 2.05) is 6.92 Å². The second-order valence-electron chi connectivity index (χ2n) is 4.84. The van der Waals surface area contributed by atoms with Crippen LogP contribution in [0.5, 0.6) is 0 Å². The van der Waals surface area contributed by atoms with Crippen molar-refractivity contribution in [2.75, 3.05) is 11.9 Å². The summed E-state index contributed by atoms with van der Waals surface area (Å²) >= 11 is 1.43. The lowest BCUT2D eigenvalue weighted by Gasteiger charge is -2.17. The van der Waals surface area contributed by atoms with Crippen molar-refractivity contribution in [3.63, 3.8) is 0 Å². The number of halogens is 3. The molecule has 3 rings (SSSR count). The third kappa shape index (κ3) is 2.43. The first kappa shape index (κ1) is 13.1. The third-order valence-electron chi connectivity index (χ3n) is 3.39. The van der Waals surface area contributed by atoms with Crippen molar-refractivity contribution >= 4 is 17.4 Å². The van der Waals surface area contributed by atoms with Gasteiger partial charge in [0.15, 0.2) is 0 Å². The Labute approximate surface area is 113 Å². The standard InChI is InChI=1S/C13H14F3NOS/c1-7-17-12-9(10-3-2-4-18-10)5-8(13(14,15)16)6-11(12)19-7/h5-7,10,17H,2-4H2,1H3. The molecule has 2 nitrogen and oxygen atoms in total. The highest BCUT2D eigenvalue weighted by Crippen LogP contribution is 2.47. The van der Waals surface area contributed by atoms with Crippen molar-refractivity contribution in [2.45, 2.75) is 42.3 Å². The van der Waals surface area contributed by atoms with Crippen LogP contribution in [0.15, 0.2) is 17.0 Å². The van der Waals surface area contributed by atoms with Gasteiger partial charge in [0.1, 0.15) is 0 Å². The Balaban J connectivity index is 2.08. The third-order valence-corrected chi connectivity index (χ3v) is 4.44. The predicted octanol–water partition coefficient (Wildman–Crippen LogP) is 4.42. The van der Waals surface area contributed by atoms with Gasteiger partial charge >= 0.3 is 6.18 Å². The first-order valence-electron chi connectivity index (χ1n) is 6.25. The fraction of sp³-hybridized carbons (Fsp3) is 0.538. The maximum Gasteiger partial charge on any atom is 0.416 e. The fourth-order valence-electron chi connectivity index (χ4n) is 2.55. The second-order valence-corrected chi connectivity index (χ2v) is 6.23. The van der Waals surface area contributed by atoms with Gasteiger partial charge in [0.05, 0.1) is 22.7 Å². The highest BCUT2D eigenvalue weighted by Gasteiger charge is 2.36. The SMILES string of the molecule is CC1Nc2c(cc(C(F)(F)F)cc2C2CCCO2)S1. The van der Waals surface area contributed by atoms with E-state index in [0.29, 0.717) is 17.1 Å². The molecule has 104 valence electrons. The molecular weight excluding hydrogens is 275 g/mol. The molecule has 1 aromatic rings. The topological polar surface area (TPSA) is 21.3 Å². The molecule has 1 aromatic carbocycles. The van der Waals surface area contributed by atoms with Crippen LogP contribution in [0.2, 0.25) is 0 Å². The first-order valence-corrected chi connectivity index (χ1v) is 7.13. The number of ether oxygens (including phenoxy) is 1. The molecule has 0 aromatic heterocycles. The zero-order valence-electron chi connectivity index (χ0n) is 10.4. The molecule has 0 aliphatic carbocycles.